The fourth-order valence-electron chi connectivity index (χ4n) is 3.03. The van der Waals surface area contributed by atoms with E-state index in [9.17, 15) is 0 Å². The third-order valence-corrected chi connectivity index (χ3v) is 4.62. The Morgan fingerprint density at radius 1 is 0.960 bits per heavy atom. The Morgan fingerprint density at radius 3 is 2.44 bits per heavy atom. The molecule has 0 spiro atoms. The van der Waals surface area contributed by atoms with Crippen LogP contribution in [0.3, 0.4) is 0 Å². The first-order valence-electron chi connectivity index (χ1n) is 8.81. The monoisotopic (exact) mass is 348 g/mol. The Balaban J connectivity index is 1.67. The molecule has 0 bridgehead atoms. The summed E-state index contributed by atoms with van der Waals surface area (Å²) in [7, 11) is 0. The number of rotatable bonds is 5. The van der Waals surface area contributed by atoms with E-state index in [1.54, 1.807) is 0 Å². The molecule has 2 nitrogen and oxygen atoms in total. The summed E-state index contributed by atoms with van der Waals surface area (Å²) in [6.45, 7) is 4.33. The van der Waals surface area contributed by atoms with Crippen LogP contribution in [0.15, 0.2) is 66.7 Å². The highest BCUT2D eigenvalue weighted by Crippen LogP contribution is 2.23. The fourth-order valence-corrected chi connectivity index (χ4v) is 3.32. The van der Waals surface area contributed by atoms with Crippen molar-refractivity contribution in [2.45, 2.75) is 32.7 Å². The summed E-state index contributed by atoms with van der Waals surface area (Å²) in [4.78, 5) is 0. The summed E-state index contributed by atoms with van der Waals surface area (Å²) in [6, 6.07) is 23.5. The van der Waals surface area contributed by atoms with E-state index in [1.165, 1.54) is 28.3 Å². The molecule has 3 aromatic rings. The quantitative estimate of drug-likeness (QED) is 0.566. The minimum absolute atomic E-state index is 0.158. The lowest BCUT2D eigenvalue weighted by atomic mass is 10.0. The summed E-state index contributed by atoms with van der Waals surface area (Å²) in [5, 5.41) is 9.73. The normalized spacial score (nSPS) is 11.9. The first-order chi connectivity index (χ1) is 12.2. The van der Waals surface area contributed by atoms with Crippen LogP contribution in [0.25, 0.3) is 10.8 Å². The lowest BCUT2D eigenvalue weighted by Crippen LogP contribution is -2.30. The topological polar surface area (TPSA) is 24.1 Å². The van der Waals surface area contributed by atoms with Crippen molar-refractivity contribution in [1.82, 2.24) is 5.32 Å². The van der Waals surface area contributed by atoms with Gasteiger partial charge in [0.2, 0.25) is 0 Å². The van der Waals surface area contributed by atoms with Crippen molar-refractivity contribution < 1.29 is 0 Å². The molecule has 0 saturated carbocycles. The molecule has 3 heteroatoms. The molecule has 0 saturated heterocycles. The van der Waals surface area contributed by atoms with Crippen LogP contribution in [0.1, 0.15) is 37.4 Å². The van der Waals surface area contributed by atoms with Crippen molar-refractivity contribution in [3.8, 4) is 0 Å². The van der Waals surface area contributed by atoms with Gasteiger partial charge in [0.1, 0.15) is 0 Å². The lowest BCUT2D eigenvalue weighted by Gasteiger charge is -2.18. The zero-order chi connectivity index (χ0) is 17.6. The van der Waals surface area contributed by atoms with Gasteiger partial charge in [-0.05, 0) is 48.1 Å². The van der Waals surface area contributed by atoms with Crippen molar-refractivity contribution in [1.29, 1.82) is 0 Å². The van der Waals surface area contributed by atoms with Crippen LogP contribution >= 0.6 is 12.2 Å². The Labute approximate surface area is 155 Å². The number of anilines is 1. The van der Waals surface area contributed by atoms with E-state index in [4.69, 9.17) is 12.2 Å². The second kappa shape index (κ2) is 8.13. The molecule has 0 amide bonds. The van der Waals surface area contributed by atoms with Gasteiger partial charge in [0.15, 0.2) is 5.11 Å². The van der Waals surface area contributed by atoms with Crippen molar-refractivity contribution >= 4 is 33.8 Å². The lowest BCUT2D eigenvalue weighted by molar-refractivity contribution is 0.722. The molecule has 0 fully saturated rings. The average Bonchev–Trinajstić information content (AvgIpc) is 2.63. The van der Waals surface area contributed by atoms with Gasteiger partial charge in [-0.3, -0.25) is 0 Å². The van der Waals surface area contributed by atoms with Gasteiger partial charge >= 0.3 is 0 Å². The molecule has 1 atom stereocenters. The minimum Gasteiger partial charge on any atom is -0.356 e. The van der Waals surface area contributed by atoms with Crippen LogP contribution in [-0.4, -0.2) is 5.11 Å². The van der Waals surface area contributed by atoms with Gasteiger partial charge in [-0.25, -0.2) is 0 Å². The number of aryl methyl sites for hydroxylation is 1. The number of hydrogen-bond donors (Lipinski definition) is 2. The van der Waals surface area contributed by atoms with E-state index in [1.807, 2.05) is 18.2 Å². The SMILES string of the molecule is CCCc1ccc(C(C)NC(=S)Nc2cccc3ccccc23)cc1. The van der Waals surface area contributed by atoms with E-state index in [0.717, 1.165) is 12.1 Å². The molecule has 0 aliphatic heterocycles. The molecule has 25 heavy (non-hydrogen) atoms. The van der Waals surface area contributed by atoms with E-state index < -0.39 is 0 Å². The Kier molecular flexibility index (Phi) is 5.67. The second-order valence-corrected chi connectivity index (χ2v) is 6.75. The number of nitrogens with one attached hydrogen (secondary N) is 2. The van der Waals surface area contributed by atoms with Crippen LogP contribution in [-0.2, 0) is 6.42 Å². The van der Waals surface area contributed by atoms with Gasteiger partial charge < -0.3 is 10.6 Å². The van der Waals surface area contributed by atoms with Crippen LogP contribution in [0.4, 0.5) is 5.69 Å². The van der Waals surface area contributed by atoms with Crippen molar-refractivity contribution in [3.05, 3.63) is 77.9 Å². The van der Waals surface area contributed by atoms with E-state index in [2.05, 4.69) is 73.0 Å². The standard InChI is InChI=1S/C22H24N2S/c1-3-7-17-12-14-18(15-13-17)16(2)23-22(25)24-21-11-6-9-19-8-4-5-10-20(19)21/h4-6,8-16H,3,7H2,1-2H3,(H2,23,24,25). The number of thiocarbonyl (C=S) groups is 1. The maximum absolute atomic E-state index is 5.52. The molecule has 3 aromatic carbocycles. The number of benzene rings is 3. The molecule has 2 N–H and O–H groups in total. The van der Waals surface area contributed by atoms with E-state index in [-0.39, 0.29) is 6.04 Å². The summed E-state index contributed by atoms with van der Waals surface area (Å²) in [5.74, 6) is 0. The Bertz CT molecular complexity index is 850. The van der Waals surface area contributed by atoms with Gasteiger partial charge in [0, 0.05) is 11.1 Å². The van der Waals surface area contributed by atoms with Crippen molar-refractivity contribution in [2.75, 3.05) is 5.32 Å². The molecular weight excluding hydrogens is 324 g/mol. The van der Waals surface area contributed by atoms with E-state index >= 15 is 0 Å². The highest BCUT2D eigenvalue weighted by molar-refractivity contribution is 7.80. The molecular formula is C22H24N2S. The summed E-state index contributed by atoms with van der Waals surface area (Å²) < 4.78 is 0. The van der Waals surface area contributed by atoms with Crippen molar-refractivity contribution in [2.24, 2.45) is 0 Å². The summed E-state index contributed by atoms with van der Waals surface area (Å²) in [5.41, 5.74) is 3.65. The molecule has 128 valence electrons. The van der Waals surface area contributed by atoms with Gasteiger partial charge in [-0.2, -0.15) is 0 Å². The predicted octanol–water partition coefficient (Wildman–Crippen LogP) is 5.84. The smallest absolute Gasteiger partial charge is 0.171 e. The average molecular weight is 349 g/mol. The van der Waals surface area contributed by atoms with Gasteiger partial charge in [0.05, 0.1) is 6.04 Å². The number of hydrogen-bond acceptors (Lipinski definition) is 1. The van der Waals surface area contributed by atoms with Gasteiger partial charge in [-0.15, -0.1) is 0 Å². The van der Waals surface area contributed by atoms with Gasteiger partial charge in [0.25, 0.3) is 0 Å². The summed E-state index contributed by atoms with van der Waals surface area (Å²) in [6.07, 6.45) is 2.30. The first-order valence-corrected chi connectivity index (χ1v) is 9.22. The molecule has 1 unspecified atom stereocenters. The third-order valence-electron chi connectivity index (χ3n) is 4.40. The molecule has 0 aliphatic carbocycles. The maximum atomic E-state index is 5.52. The molecule has 0 radical (unpaired) electrons. The highest BCUT2D eigenvalue weighted by atomic mass is 32.1. The van der Waals surface area contributed by atoms with Crippen LogP contribution in [0.5, 0.6) is 0 Å². The molecule has 0 aromatic heterocycles. The molecule has 0 aliphatic rings. The third kappa shape index (κ3) is 4.37. The summed E-state index contributed by atoms with van der Waals surface area (Å²) >= 11 is 5.52. The fraction of sp³-hybridized carbons (Fsp3) is 0.227. The molecule has 3 rings (SSSR count). The molecule has 0 heterocycles. The predicted molar refractivity (Wildman–Crippen MR) is 112 cm³/mol. The zero-order valence-corrected chi connectivity index (χ0v) is 15.6. The van der Waals surface area contributed by atoms with Crippen LogP contribution in [0, 0.1) is 0 Å². The van der Waals surface area contributed by atoms with Gasteiger partial charge in [-0.1, -0.05) is 74.0 Å². The largest absolute Gasteiger partial charge is 0.356 e. The Morgan fingerprint density at radius 2 is 1.68 bits per heavy atom. The highest BCUT2D eigenvalue weighted by Gasteiger charge is 2.08. The maximum Gasteiger partial charge on any atom is 0.171 e. The van der Waals surface area contributed by atoms with Crippen molar-refractivity contribution in [3.63, 3.8) is 0 Å². The van der Waals surface area contributed by atoms with Crippen LogP contribution < -0.4 is 10.6 Å². The number of fused-ring (bicyclic) bond motifs is 1. The van der Waals surface area contributed by atoms with E-state index in [0.29, 0.717) is 5.11 Å². The Hall–Kier alpha value is -2.39. The zero-order valence-electron chi connectivity index (χ0n) is 14.8. The second-order valence-electron chi connectivity index (χ2n) is 6.34. The van der Waals surface area contributed by atoms with Crippen LogP contribution in [0.2, 0.25) is 0 Å². The first kappa shape index (κ1) is 17.4. The minimum atomic E-state index is 0.158.